The lowest BCUT2D eigenvalue weighted by Crippen LogP contribution is -2.48. The number of nitrogens with zero attached hydrogens (tertiary/aromatic N) is 2. The molecule has 1 aliphatic heterocycles. The summed E-state index contributed by atoms with van der Waals surface area (Å²) in [5, 5.41) is 3.45. The van der Waals surface area contributed by atoms with E-state index in [4.69, 9.17) is 14.5 Å². The number of halogens is 1. The Balaban J connectivity index is 0.00000364. The minimum atomic E-state index is 0. The molecule has 1 fully saturated rings. The van der Waals surface area contributed by atoms with E-state index in [2.05, 4.69) is 54.4 Å². The van der Waals surface area contributed by atoms with E-state index in [0.29, 0.717) is 25.0 Å². The van der Waals surface area contributed by atoms with Crippen LogP contribution in [-0.2, 0) is 9.47 Å². The molecule has 0 aliphatic carbocycles. The number of guanidine groups is 1. The van der Waals surface area contributed by atoms with Gasteiger partial charge in [0, 0.05) is 39.9 Å². The summed E-state index contributed by atoms with van der Waals surface area (Å²) < 4.78 is 10.5. The minimum absolute atomic E-state index is 0. The quantitative estimate of drug-likeness (QED) is 0.249. The van der Waals surface area contributed by atoms with Gasteiger partial charge in [0.05, 0.1) is 13.2 Å². The molecule has 154 valence electrons. The molecule has 1 aromatic carbocycles. The van der Waals surface area contributed by atoms with E-state index in [1.807, 2.05) is 0 Å². The van der Waals surface area contributed by atoms with Crippen LogP contribution in [0, 0.1) is 5.92 Å². The van der Waals surface area contributed by atoms with Gasteiger partial charge >= 0.3 is 0 Å². The second kappa shape index (κ2) is 14.2. The maximum absolute atomic E-state index is 5.51. The van der Waals surface area contributed by atoms with Crippen molar-refractivity contribution >= 4 is 29.9 Å². The molecular weight excluding hydrogens is 453 g/mol. The predicted octanol–water partition coefficient (Wildman–Crippen LogP) is 3.75. The molecule has 2 atom stereocenters. The van der Waals surface area contributed by atoms with Crippen LogP contribution < -0.4 is 5.32 Å². The Morgan fingerprint density at radius 1 is 1.22 bits per heavy atom. The fourth-order valence-corrected chi connectivity index (χ4v) is 3.56. The van der Waals surface area contributed by atoms with Gasteiger partial charge in [-0.25, -0.2) is 0 Å². The van der Waals surface area contributed by atoms with Crippen molar-refractivity contribution in [1.29, 1.82) is 0 Å². The van der Waals surface area contributed by atoms with Crippen LogP contribution in [0.3, 0.4) is 0 Å². The van der Waals surface area contributed by atoms with Crippen molar-refractivity contribution in [1.82, 2.24) is 10.2 Å². The lowest BCUT2D eigenvalue weighted by molar-refractivity contribution is 0.0702. The van der Waals surface area contributed by atoms with Crippen LogP contribution in [0.25, 0.3) is 0 Å². The number of piperidine rings is 1. The summed E-state index contributed by atoms with van der Waals surface area (Å²) in [6.45, 7) is 10.3. The van der Waals surface area contributed by atoms with Crippen molar-refractivity contribution in [3.05, 3.63) is 35.9 Å². The van der Waals surface area contributed by atoms with Gasteiger partial charge in [-0.2, -0.15) is 0 Å². The monoisotopic (exact) mass is 489 g/mol. The number of hydrogen-bond donors (Lipinski definition) is 1. The molecule has 0 bridgehead atoms. The van der Waals surface area contributed by atoms with E-state index in [-0.39, 0.29) is 24.0 Å². The number of aliphatic imine (C=N–C) groups is 1. The molecular formula is C21H36IN3O2. The van der Waals surface area contributed by atoms with Crippen molar-refractivity contribution in [2.75, 3.05) is 53.1 Å². The largest absolute Gasteiger partial charge is 0.382 e. The highest BCUT2D eigenvalue weighted by Crippen LogP contribution is 2.32. The summed E-state index contributed by atoms with van der Waals surface area (Å²) in [5.41, 5.74) is 1.47. The second-order valence-electron chi connectivity index (χ2n) is 6.92. The fraction of sp³-hybridized carbons (Fsp3) is 0.667. The highest BCUT2D eigenvalue weighted by atomic mass is 127. The number of rotatable bonds is 9. The van der Waals surface area contributed by atoms with E-state index in [9.17, 15) is 0 Å². The van der Waals surface area contributed by atoms with Crippen molar-refractivity contribution in [2.45, 2.75) is 32.6 Å². The minimum Gasteiger partial charge on any atom is -0.382 e. The van der Waals surface area contributed by atoms with E-state index in [1.165, 1.54) is 12.0 Å². The van der Waals surface area contributed by atoms with Gasteiger partial charge in [0.25, 0.3) is 0 Å². The number of methoxy groups -OCH3 is 1. The molecule has 1 aliphatic rings. The molecule has 1 N–H and O–H groups in total. The van der Waals surface area contributed by atoms with Gasteiger partial charge in [0.15, 0.2) is 5.96 Å². The van der Waals surface area contributed by atoms with E-state index in [0.717, 1.165) is 45.2 Å². The summed E-state index contributed by atoms with van der Waals surface area (Å²) in [5.74, 6) is 2.31. The van der Waals surface area contributed by atoms with Crippen LogP contribution in [-0.4, -0.2) is 64.0 Å². The van der Waals surface area contributed by atoms with E-state index < -0.39 is 0 Å². The Labute approximate surface area is 181 Å². The van der Waals surface area contributed by atoms with E-state index >= 15 is 0 Å². The molecule has 0 radical (unpaired) electrons. The Bertz CT molecular complexity index is 527. The Hall–Kier alpha value is -0.860. The van der Waals surface area contributed by atoms with Gasteiger partial charge in [0.1, 0.15) is 0 Å². The number of nitrogens with one attached hydrogen (secondary N) is 1. The van der Waals surface area contributed by atoms with Crippen molar-refractivity contribution in [3.8, 4) is 0 Å². The lowest BCUT2D eigenvalue weighted by Gasteiger charge is -2.39. The van der Waals surface area contributed by atoms with Crippen molar-refractivity contribution < 1.29 is 9.47 Å². The molecule has 2 unspecified atom stereocenters. The third-order valence-electron chi connectivity index (χ3n) is 4.91. The van der Waals surface area contributed by atoms with Crippen LogP contribution in [0.5, 0.6) is 0 Å². The number of likely N-dealkylation sites (tertiary alicyclic amines) is 1. The zero-order chi connectivity index (χ0) is 18.6. The van der Waals surface area contributed by atoms with Gasteiger partial charge in [-0.3, -0.25) is 4.99 Å². The normalized spacial score (nSPS) is 20.3. The smallest absolute Gasteiger partial charge is 0.193 e. The lowest BCUT2D eigenvalue weighted by atomic mass is 9.82. The maximum atomic E-state index is 5.51. The highest BCUT2D eigenvalue weighted by molar-refractivity contribution is 14.0. The topological polar surface area (TPSA) is 46.1 Å². The van der Waals surface area contributed by atoms with Crippen LogP contribution in [0.4, 0.5) is 0 Å². The predicted molar refractivity (Wildman–Crippen MR) is 123 cm³/mol. The van der Waals surface area contributed by atoms with Gasteiger partial charge < -0.3 is 19.7 Å². The molecule has 0 spiro atoms. The summed E-state index contributed by atoms with van der Waals surface area (Å²) in [6.07, 6.45) is 2.12. The molecule has 1 aromatic rings. The molecule has 5 nitrogen and oxygen atoms in total. The molecule has 0 saturated carbocycles. The average Bonchev–Trinajstić information content (AvgIpc) is 2.67. The first-order chi connectivity index (χ1) is 12.8. The summed E-state index contributed by atoms with van der Waals surface area (Å²) in [7, 11) is 1.69. The summed E-state index contributed by atoms with van der Waals surface area (Å²) >= 11 is 0. The number of hydrogen-bond acceptors (Lipinski definition) is 3. The first kappa shape index (κ1) is 24.2. The fourth-order valence-electron chi connectivity index (χ4n) is 3.56. The van der Waals surface area contributed by atoms with Crippen molar-refractivity contribution in [2.24, 2.45) is 10.9 Å². The summed E-state index contributed by atoms with van der Waals surface area (Å²) in [4.78, 5) is 7.22. The maximum Gasteiger partial charge on any atom is 0.193 e. The Morgan fingerprint density at radius 2 is 2.00 bits per heavy atom. The van der Waals surface area contributed by atoms with Crippen LogP contribution in [0.15, 0.2) is 35.3 Å². The SMILES string of the molecule is CCNC(=NCCCOCCOC)N1CCC(c2ccccc2)C(C)C1.I. The van der Waals surface area contributed by atoms with Crippen LogP contribution in [0.2, 0.25) is 0 Å². The zero-order valence-electron chi connectivity index (χ0n) is 17.0. The Kier molecular flexibility index (Phi) is 12.7. The average molecular weight is 489 g/mol. The molecule has 1 heterocycles. The molecule has 0 aromatic heterocycles. The van der Waals surface area contributed by atoms with Crippen molar-refractivity contribution in [3.63, 3.8) is 0 Å². The molecule has 0 amide bonds. The second-order valence-corrected chi connectivity index (χ2v) is 6.92. The van der Waals surface area contributed by atoms with Gasteiger partial charge in [-0.15, -0.1) is 24.0 Å². The number of benzene rings is 1. The first-order valence-electron chi connectivity index (χ1n) is 9.91. The highest BCUT2D eigenvalue weighted by Gasteiger charge is 2.28. The molecule has 2 rings (SSSR count). The van der Waals surface area contributed by atoms with Gasteiger partial charge in [0.2, 0.25) is 0 Å². The molecule has 1 saturated heterocycles. The standard InChI is InChI=1S/C21H35N3O2.HI/c1-4-22-21(23-12-8-14-26-16-15-25-3)24-13-11-20(18(2)17-24)19-9-6-5-7-10-19;/h5-7,9-10,18,20H,4,8,11-17H2,1-3H3,(H,22,23);1H. The van der Waals surface area contributed by atoms with Crippen LogP contribution >= 0.6 is 24.0 Å². The molecule has 6 heteroatoms. The van der Waals surface area contributed by atoms with Crippen LogP contribution in [0.1, 0.15) is 38.2 Å². The van der Waals surface area contributed by atoms with Gasteiger partial charge in [-0.05, 0) is 37.2 Å². The molecule has 27 heavy (non-hydrogen) atoms. The zero-order valence-corrected chi connectivity index (χ0v) is 19.4. The number of ether oxygens (including phenoxy) is 2. The Morgan fingerprint density at radius 3 is 2.67 bits per heavy atom. The van der Waals surface area contributed by atoms with Gasteiger partial charge in [-0.1, -0.05) is 37.3 Å². The third-order valence-corrected chi connectivity index (χ3v) is 4.91. The summed E-state index contributed by atoms with van der Waals surface area (Å²) in [6, 6.07) is 10.9. The third kappa shape index (κ3) is 8.35. The first-order valence-corrected chi connectivity index (χ1v) is 9.91. The van der Waals surface area contributed by atoms with E-state index in [1.54, 1.807) is 7.11 Å².